The summed E-state index contributed by atoms with van der Waals surface area (Å²) in [5, 5.41) is 9.99. The van der Waals surface area contributed by atoms with Crippen LogP contribution in [0.1, 0.15) is 34.3 Å². The Kier molecular flexibility index (Phi) is 9.48. The third-order valence-electron chi connectivity index (χ3n) is 6.49. The Morgan fingerprint density at radius 2 is 1.80 bits per heavy atom. The Bertz CT molecular complexity index is 1640. The fourth-order valence-electron chi connectivity index (χ4n) is 4.52. The summed E-state index contributed by atoms with van der Waals surface area (Å²) in [7, 11) is 0. The number of primary amides is 2. The zero-order chi connectivity index (χ0) is 33.1. The van der Waals surface area contributed by atoms with Crippen molar-refractivity contribution in [2.24, 2.45) is 16.5 Å². The lowest BCUT2D eigenvalue weighted by molar-refractivity contribution is -0.202. The number of guanidine groups is 1. The highest BCUT2D eigenvalue weighted by Crippen LogP contribution is 2.37. The number of carbonyl (C=O) groups excluding carboxylic acids is 4. The van der Waals surface area contributed by atoms with Gasteiger partial charge in [-0.15, -0.1) is 0 Å². The molecule has 6 N–H and O–H groups in total. The Hall–Kier alpha value is -5.36. The summed E-state index contributed by atoms with van der Waals surface area (Å²) in [5.74, 6) is -8.34. The van der Waals surface area contributed by atoms with Gasteiger partial charge in [-0.2, -0.15) is 27.1 Å². The molecule has 1 aliphatic heterocycles. The predicted molar refractivity (Wildman–Crippen MR) is 143 cm³/mol. The average Bonchev–Trinajstić information content (AvgIpc) is 3.37. The summed E-state index contributed by atoms with van der Waals surface area (Å²) in [6.07, 6.45) is -6.59. The molecule has 2 amide bonds. The minimum atomic E-state index is -5.52. The highest BCUT2D eigenvalue weighted by atomic mass is 19.4. The minimum absolute atomic E-state index is 0.00795. The Balaban J connectivity index is 1.82. The van der Waals surface area contributed by atoms with Crippen LogP contribution < -0.4 is 26.8 Å². The molecular weight excluding hydrogens is 620 g/mol. The zero-order valence-electron chi connectivity index (χ0n) is 22.7. The monoisotopic (exact) mass is 643 g/mol. The number of carbonyl (C=O) groups is 4. The molecule has 0 aliphatic carbocycles. The molecule has 0 radical (unpaired) electrons. The van der Waals surface area contributed by atoms with Gasteiger partial charge in [0.2, 0.25) is 11.8 Å². The quantitative estimate of drug-likeness (QED) is 0.146. The number of ether oxygens (including phenoxy) is 2. The maximum absolute atomic E-state index is 13.5. The molecule has 13 nitrogen and oxygen atoms in total. The topological polar surface area (TPSA) is 193 Å². The van der Waals surface area contributed by atoms with Crippen LogP contribution in [0.3, 0.4) is 0 Å². The molecule has 3 atom stereocenters. The van der Waals surface area contributed by atoms with E-state index in [4.69, 9.17) is 11.5 Å². The molecule has 0 saturated heterocycles. The van der Waals surface area contributed by atoms with Gasteiger partial charge in [0.25, 0.3) is 0 Å². The highest BCUT2D eigenvalue weighted by molar-refractivity contribution is 6.07. The van der Waals surface area contributed by atoms with Gasteiger partial charge in [0.05, 0.1) is 36.9 Å². The number of benzene rings is 2. The first-order chi connectivity index (χ1) is 21.1. The lowest BCUT2D eigenvalue weighted by Gasteiger charge is -2.26. The smallest absolute Gasteiger partial charge is 0.435 e. The number of fused-ring (bicyclic) bond motifs is 1. The number of anilines is 1. The number of halogens is 6. The Labute approximate surface area is 248 Å². The van der Waals surface area contributed by atoms with Crippen molar-refractivity contribution in [2.45, 2.75) is 37.3 Å². The molecule has 1 aromatic heterocycles. The summed E-state index contributed by atoms with van der Waals surface area (Å²) in [5.41, 5.74) is 11.3. The fraction of sp³-hybridized carbons (Fsp3) is 0.308. The molecule has 4 rings (SSSR count). The van der Waals surface area contributed by atoms with Crippen molar-refractivity contribution in [1.29, 1.82) is 0 Å². The number of aromatic nitrogens is 2. The number of nitrogens with one attached hydrogen (secondary N) is 2. The van der Waals surface area contributed by atoms with Crippen LogP contribution >= 0.6 is 0 Å². The van der Waals surface area contributed by atoms with Crippen LogP contribution in [0, 0.1) is 0 Å². The number of aliphatic imine (C=N–C) groups is 1. The molecule has 19 heteroatoms. The van der Waals surface area contributed by atoms with Crippen molar-refractivity contribution in [2.75, 3.05) is 18.4 Å². The Morgan fingerprint density at radius 1 is 1.11 bits per heavy atom. The van der Waals surface area contributed by atoms with Gasteiger partial charge in [0.1, 0.15) is 18.0 Å². The van der Waals surface area contributed by atoms with Crippen LogP contribution in [0.5, 0.6) is 5.75 Å². The summed E-state index contributed by atoms with van der Waals surface area (Å²) in [4.78, 5) is 53.0. The molecule has 240 valence electrons. The molecule has 2 unspecified atom stereocenters. The summed E-state index contributed by atoms with van der Waals surface area (Å²) in [6.45, 7) is -3.42. The Morgan fingerprint density at radius 3 is 2.36 bits per heavy atom. The summed E-state index contributed by atoms with van der Waals surface area (Å²) < 4.78 is 86.4. The van der Waals surface area contributed by atoms with Gasteiger partial charge in [0, 0.05) is 16.9 Å². The maximum Gasteiger partial charge on any atom is 0.491 e. The van der Waals surface area contributed by atoms with E-state index in [1.54, 1.807) is 0 Å². The number of nitrogens with zero attached hydrogens (tertiary/aromatic N) is 3. The third-order valence-corrected chi connectivity index (χ3v) is 6.49. The normalized spacial score (nSPS) is 16.3. The van der Waals surface area contributed by atoms with Crippen molar-refractivity contribution < 1.29 is 55.0 Å². The first-order valence-corrected chi connectivity index (χ1v) is 12.8. The molecule has 0 fully saturated rings. The number of rotatable bonds is 10. The zero-order valence-corrected chi connectivity index (χ0v) is 22.7. The predicted octanol–water partition coefficient (Wildman–Crippen LogP) is 2.28. The SMILES string of the molecule is NC(=O)c1cc(NC2=NCC(F)CN2)c2cnn(C(C(N)=O)[C@@H](CC(=O)OC(=O)C(F)(F)F)c3ccc(OC(F)F)cc3)c2c1. The second-order valence-electron chi connectivity index (χ2n) is 9.57. The fourth-order valence-corrected chi connectivity index (χ4v) is 4.52. The van der Waals surface area contributed by atoms with Gasteiger partial charge < -0.3 is 31.6 Å². The number of esters is 2. The van der Waals surface area contributed by atoms with E-state index in [9.17, 15) is 45.5 Å². The molecule has 1 aliphatic rings. The van der Waals surface area contributed by atoms with Crippen molar-refractivity contribution in [3.8, 4) is 5.75 Å². The standard InChI is InChI=1S/C26H23F6N7O6/c27-13-8-35-25(36-9-13)38-17-5-12(21(33)41)6-18-16(17)10-37-39(18)20(22(34)42)15(7-19(40)45-23(43)26(30,31)32)11-1-3-14(4-2-11)44-24(28)29/h1-6,10,13,15,20,24H,7-9H2,(H2,33,41)(H2,34,42)(H2,35,36,38)/t15-,20?/m0/s1. The molecular formula is C26H23F6N7O6. The second kappa shape index (κ2) is 13.1. The second-order valence-corrected chi connectivity index (χ2v) is 9.57. The van der Waals surface area contributed by atoms with E-state index in [0.717, 1.165) is 28.9 Å². The molecule has 3 aromatic rings. The van der Waals surface area contributed by atoms with Crippen molar-refractivity contribution >= 4 is 46.3 Å². The third kappa shape index (κ3) is 7.78. The van der Waals surface area contributed by atoms with E-state index in [-0.39, 0.29) is 52.5 Å². The van der Waals surface area contributed by atoms with E-state index in [2.05, 4.69) is 30.2 Å². The van der Waals surface area contributed by atoms with Crippen LogP contribution in [0.25, 0.3) is 10.9 Å². The number of hydrogen-bond acceptors (Lipinski definition) is 10. The lowest BCUT2D eigenvalue weighted by Crippen LogP contribution is -2.41. The van der Waals surface area contributed by atoms with E-state index in [1.165, 1.54) is 18.3 Å². The molecule has 2 aromatic carbocycles. The molecule has 0 bridgehead atoms. The highest BCUT2D eigenvalue weighted by Gasteiger charge is 2.43. The van der Waals surface area contributed by atoms with E-state index in [0.29, 0.717) is 0 Å². The first kappa shape index (κ1) is 32.6. The van der Waals surface area contributed by atoms with E-state index in [1.807, 2.05) is 0 Å². The van der Waals surface area contributed by atoms with Gasteiger partial charge >= 0.3 is 24.7 Å². The average molecular weight is 644 g/mol. The van der Waals surface area contributed by atoms with Crippen molar-refractivity contribution in [3.63, 3.8) is 0 Å². The van der Waals surface area contributed by atoms with Gasteiger partial charge in [-0.3, -0.25) is 19.1 Å². The van der Waals surface area contributed by atoms with Crippen molar-refractivity contribution in [1.82, 2.24) is 15.1 Å². The van der Waals surface area contributed by atoms with Crippen LogP contribution in [0.2, 0.25) is 0 Å². The van der Waals surface area contributed by atoms with Crippen LogP contribution in [0.4, 0.5) is 32.0 Å². The molecule has 45 heavy (non-hydrogen) atoms. The van der Waals surface area contributed by atoms with E-state index >= 15 is 0 Å². The lowest BCUT2D eigenvalue weighted by atomic mass is 9.87. The van der Waals surface area contributed by atoms with Crippen LogP contribution in [0.15, 0.2) is 47.6 Å². The van der Waals surface area contributed by atoms with Gasteiger partial charge in [-0.25, -0.2) is 14.2 Å². The number of hydrogen-bond donors (Lipinski definition) is 4. The molecule has 0 saturated carbocycles. The maximum atomic E-state index is 13.5. The van der Waals surface area contributed by atoms with Gasteiger partial charge in [0.15, 0.2) is 5.96 Å². The van der Waals surface area contributed by atoms with Crippen molar-refractivity contribution in [3.05, 3.63) is 53.7 Å². The van der Waals surface area contributed by atoms with Gasteiger partial charge in [-0.05, 0) is 29.8 Å². The number of nitrogens with two attached hydrogens (primary N) is 2. The molecule has 2 heterocycles. The van der Waals surface area contributed by atoms with Crippen LogP contribution in [-0.2, 0) is 19.1 Å². The molecule has 0 spiro atoms. The van der Waals surface area contributed by atoms with E-state index < -0.39 is 61.1 Å². The minimum Gasteiger partial charge on any atom is -0.435 e. The van der Waals surface area contributed by atoms with Gasteiger partial charge in [-0.1, -0.05) is 12.1 Å². The summed E-state index contributed by atoms with van der Waals surface area (Å²) >= 11 is 0. The van der Waals surface area contributed by atoms with Crippen LogP contribution in [-0.4, -0.2) is 71.5 Å². The number of alkyl halides is 6. The first-order valence-electron chi connectivity index (χ1n) is 12.8. The largest absolute Gasteiger partial charge is 0.491 e. The summed E-state index contributed by atoms with van der Waals surface area (Å²) in [6, 6.07) is 5.17. The number of amides is 2.